The average Bonchev–Trinajstić information content (AvgIpc) is 3.02. The van der Waals surface area contributed by atoms with Gasteiger partial charge in [-0.1, -0.05) is 13.3 Å². The third kappa shape index (κ3) is 8.73. The summed E-state index contributed by atoms with van der Waals surface area (Å²) in [6, 6.07) is 24.0. The summed E-state index contributed by atoms with van der Waals surface area (Å²) in [6.45, 7) is 3.76. The van der Waals surface area contributed by atoms with Gasteiger partial charge in [0.05, 0.1) is 39.4 Å². The molecule has 0 aliphatic rings. The van der Waals surface area contributed by atoms with Gasteiger partial charge in [-0.15, -0.1) is 0 Å². The molecule has 0 unspecified atom stereocenters. The summed E-state index contributed by atoms with van der Waals surface area (Å²) in [4.78, 5) is 0.560. The molecule has 0 aromatic heterocycles. The predicted molar refractivity (Wildman–Crippen MR) is 161 cm³/mol. The third-order valence-electron chi connectivity index (χ3n) is 6.31. The second kappa shape index (κ2) is 14.9. The van der Waals surface area contributed by atoms with Crippen LogP contribution >= 0.6 is 0 Å². The van der Waals surface area contributed by atoms with Crippen LogP contribution in [0.3, 0.4) is 0 Å². The summed E-state index contributed by atoms with van der Waals surface area (Å²) in [5.41, 5.74) is 0. The van der Waals surface area contributed by atoms with E-state index in [0.717, 1.165) is 12.8 Å². The van der Waals surface area contributed by atoms with Crippen LogP contribution in [0.25, 0.3) is 0 Å². The molecule has 4 aromatic carbocycles. The van der Waals surface area contributed by atoms with Crippen LogP contribution in [-0.2, 0) is 24.4 Å². The molecule has 0 saturated heterocycles. The third-order valence-corrected chi connectivity index (χ3v) is 9.88. The number of unbranched alkanes of at least 4 members (excludes halogenated alkanes) is 1. The predicted octanol–water partition coefficient (Wildman–Crippen LogP) is 5.71. The van der Waals surface area contributed by atoms with Crippen molar-refractivity contribution < 1.29 is 40.9 Å². The Morgan fingerprint density at radius 1 is 0.488 bits per heavy atom. The topological polar surface area (TPSA) is 125 Å². The maximum absolute atomic E-state index is 13.0. The number of hydrogen-bond donors (Lipinski definition) is 1. The van der Waals surface area contributed by atoms with Crippen molar-refractivity contribution in [2.75, 3.05) is 33.0 Å². The summed E-state index contributed by atoms with van der Waals surface area (Å²) < 4.78 is 73.7. The van der Waals surface area contributed by atoms with Gasteiger partial charge in [0.25, 0.3) is 0 Å². The van der Waals surface area contributed by atoms with E-state index in [-0.39, 0.29) is 45.2 Å². The second-order valence-corrected chi connectivity index (χ2v) is 13.3. The molecule has 43 heavy (non-hydrogen) atoms. The van der Waals surface area contributed by atoms with E-state index in [1.165, 1.54) is 48.5 Å². The molecule has 0 radical (unpaired) electrons. The van der Waals surface area contributed by atoms with Gasteiger partial charge in [0.15, 0.2) is 0 Å². The number of phenolic OH excluding ortho intramolecular Hbond substituents is 1. The first-order chi connectivity index (χ1) is 20.7. The van der Waals surface area contributed by atoms with Crippen LogP contribution in [0.2, 0.25) is 0 Å². The van der Waals surface area contributed by atoms with Crippen LogP contribution in [0.15, 0.2) is 117 Å². The lowest BCUT2D eigenvalue weighted by Gasteiger charge is -2.10. The molecule has 9 nitrogen and oxygen atoms in total. The summed E-state index contributed by atoms with van der Waals surface area (Å²) in [7, 11) is -7.37. The average molecular weight is 627 g/mol. The van der Waals surface area contributed by atoms with Crippen molar-refractivity contribution in [3.05, 3.63) is 97.1 Å². The molecule has 0 spiro atoms. The van der Waals surface area contributed by atoms with Gasteiger partial charge >= 0.3 is 0 Å². The molecule has 0 bridgehead atoms. The molecule has 4 rings (SSSR count). The smallest absolute Gasteiger partial charge is 0.206 e. The standard InChI is InChI=1S/C32H34O9S2/c1-2-3-20-39-26-6-14-31(15-7-26)43(36,37)32-18-10-28(11-19-32)41-24-22-38-21-23-40-27-8-16-30(17-9-27)42(34,35)29-12-4-25(33)5-13-29/h4-19,33H,2-3,20-24H2,1H3. The largest absolute Gasteiger partial charge is 0.508 e. The molecule has 1 N–H and O–H groups in total. The normalized spacial score (nSPS) is 11.7. The molecule has 0 aliphatic heterocycles. The van der Waals surface area contributed by atoms with E-state index in [2.05, 4.69) is 6.92 Å². The fourth-order valence-electron chi connectivity index (χ4n) is 3.92. The molecule has 0 heterocycles. The van der Waals surface area contributed by atoms with E-state index in [9.17, 15) is 21.9 Å². The van der Waals surface area contributed by atoms with Crippen LogP contribution in [-0.4, -0.2) is 55.0 Å². The molecular formula is C32H34O9S2. The monoisotopic (exact) mass is 626 g/mol. The Morgan fingerprint density at radius 2 is 0.814 bits per heavy atom. The van der Waals surface area contributed by atoms with Gasteiger partial charge in [0.2, 0.25) is 19.7 Å². The second-order valence-electron chi connectivity index (χ2n) is 9.43. The Balaban J connectivity index is 1.16. The Hall–Kier alpha value is -4.06. The van der Waals surface area contributed by atoms with Crippen molar-refractivity contribution >= 4 is 19.7 Å². The van der Waals surface area contributed by atoms with Gasteiger partial charge < -0.3 is 24.1 Å². The van der Waals surface area contributed by atoms with Crippen LogP contribution in [0.4, 0.5) is 0 Å². The van der Waals surface area contributed by atoms with E-state index in [1.807, 2.05) is 0 Å². The SMILES string of the molecule is CCCCOc1ccc(S(=O)(=O)c2ccc(OCCOCCOc3ccc(S(=O)(=O)c4ccc(O)cc4)cc3)cc2)cc1. The molecule has 4 aromatic rings. The fourth-order valence-corrected chi connectivity index (χ4v) is 6.44. The zero-order valence-electron chi connectivity index (χ0n) is 23.7. The molecule has 11 heteroatoms. The Labute approximate surface area is 252 Å². The minimum absolute atomic E-state index is 0.00905. The Bertz CT molecular complexity index is 1650. The van der Waals surface area contributed by atoms with Crippen molar-refractivity contribution in [3.8, 4) is 23.0 Å². The molecule has 0 atom stereocenters. The number of sulfone groups is 2. The van der Waals surface area contributed by atoms with Gasteiger partial charge in [-0.3, -0.25) is 0 Å². The number of ether oxygens (including phenoxy) is 4. The van der Waals surface area contributed by atoms with Crippen molar-refractivity contribution in [3.63, 3.8) is 0 Å². The zero-order valence-corrected chi connectivity index (χ0v) is 25.4. The lowest BCUT2D eigenvalue weighted by Crippen LogP contribution is -2.12. The first-order valence-corrected chi connectivity index (χ1v) is 16.7. The lowest BCUT2D eigenvalue weighted by molar-refractivity contribution is 0.0764. The molecule has 0 amide bonds. The Kier molecular flexibility index (Phi) is 11.0. The molecule has 0 fully saturated rings. The van der Waals surface area contributed by atoms with Crippen molar-refractivity contribution in [1.29, 1.82) is 0 Å². The summed E-state index contributed by atoms with van der Waals surface area (Å²) in [6.07, 6.45) is 1.96. The van der Waals surface area contributed by atoms with E-state index >= 15 is 0 Å². The number of phenols is 1. The van der Waals surface area contributed by atoms with Gasteiger partial charge in [-0.2, -0.15) is 0 Å². The summed E-state index contributed by atoms with van der Waals surface area (Å²) in [5.74, 6) is 1.64. The summed E-state index contributed by atoms with van der Waals surface area (Å²) in [5, 5.41) is 9.38. The fraction of sp³-hybridized carbons (Fsp3) is 0.250. The molecule has 0 saturated carbocycles. The van der Waals surface area contributed by atoms with Gasteiger partial charge in [0.1, 0.15) is 36.2 Å². The van der Waals surface area contributed by atoms with Crippen LogP contribution in [0.1, 0.15) is 19.8 Å². The first kappa shape index (κ1) is 31.9. The molecule has 228 valence electrons. The van der Waals surface area contributed by atoms with E-state index in [4.69, 9.17) is 18.9 Å². The van der Waals surface area contributed by atoms with Crippen LogP contribution in [0.5, 0.6) is 23.0 Å². The maximum atomic E-state index is 13.0. The highest BCUT2D eigenvalue weighted by Crippen LogP contribution is 2.26. The van der Waals surface area contributed by atoms with Crippen LogP contribution < -0.4 is 14.2 Å². The number of benzene rings is 4. The highest BCUT2D eigenvalue weighted by molar-refractivity contribution is 7.91. The van der Waals surface area contributed by atoms with Crippen molar-refractivity contribution in [2.24, 2.45) is 0 Å². The lowest BCUT2D eigenvalue weighted by atomic mass is 10.3. The molecular weight excluding hydrogens is 592 g/mol. The van der Waals surface area contributed by atoms with Crippen molar-refractivity contribution in [2.45, 2.75) is 39.3 Å². The molecule has 0 aliphatic carbocycles. The number of rotatable bonds is 16. The van der Waals surface area contributed by atoms with E-state index in [1.54, 1.807) is 48.5 Å². The summed E-state index contributed by atoms with van der Waals surface area (Å²) >= 11 is 0. The minimum Gasteiger partial charge on any atom is -0.508 e. The zero-order chi connectivity index (χ0) is 30.7. The van der Waals surface area contributed by atoms with Gasteiger partial charge in [-0.05, 0) is 103 Å². The first-order valence-electron chi connectivity index (χ1n) is 13.8. The van der Waals surface area contributed by atoms with Gasteiger partial charge in [-0.25, -0.2) is 16.8 Å². The number of aromatic hydroxyl groups is 1. The van der Waals surface area contributed by atoms with Crippen molar-refractivity contribution in [1.82, 2.24) is 0 Å². The maximum Gasteiger partial charge on any atom is 0.206 e. The minimum atomic E-state index is -3.70. The quantitative estimate of drug-likeness (QED) is 0.156. The van der Waals surface area contributed by atoms with E-state index < -0.39 is 19.7 Å². The van der Waals surface area contributed by atoms with E-state index in [0.29, 0.717) is 30.5 Å². The Morgan fingerprint density at radius 3 is 1.16 bits per heavy atom. The van der Waals surface area contributed by atoms with Gasteiger partial charge in [0, 0.05) is 0 Å². The number of hydrogen-bond acceptors (Lipinski definition) is 9. The van der Waals surface area contributed by atoms with Crippen LogP contribution in [0, 0.1) is 0 Å². The highest BCUT2D eigenvalue weighted by atomic mass is 32.2. The highest BCUT2D eigenvalue weighted by Gasteiger charge is 2.19.